The van der Waals surface area contributed by atoms with Crippen molar-refractivity contribution in [2.24, 2.45) is 21.8 Å². The van der Waals surface area contributed by atoms with Gasteiger partial charge in [0.15, 0.2) is 34.6 Å². The molecule has 0 spiro atoms. The summed E-state index contributed by atoms with van der Waals surface area (Å²) < 4.78 is 53.3. The standard InChI is InChI=1S/C78H110F2N4O2/c1-5-9-13-17-21-25-27-31-35-39-47-59(45-37-33-29-23-19-15-11-7-3)57-83-65-51-43-41-49-61(65)69-67(83)55-53-63-75(69)85-77-71(79)74-78(72(80)73(77)81-63)86-76-64(82-74)54-56-68-70(76)62-50-42-44-52-66(62)84(68)58-60(46-38-34-30-24-20-16-12-8-4)48-40-36-32-28-26-22-18-14-10-6-2/h41-44,49-56,59-60H,5-40,45-48,57-58H2,1-4H3. The molecule has 5 aromatic carbocycles. The molecule has 7 aromatic rings. The molecule has 8 heteroatoms. The Hall–Kier alpha value is -5.24. The predicted octanol–water partition coefficient (Wildman–Crippen LogP) is 25.2. The Morgan fingerprint density at radius 2 is 0.605 bits per heavy atom. The summed E-state index contributed by atoms with van der Waals surface area (Å²) in [6, 6.07) is 25.2. The van der Waals surface area contributed by atoms with Gasteiger partial charge in [0.1, 0.15) is 22.1 Å². The van der Waals surface area contributed by atoms with Crippen LogP contribution in [0.15, 0.2) is 82.8 Å². The van der Waals surface area contributed by atoms with Gasteiger partial charge in [0.2, 0.25) is 0 Å². The summed E-state index contributed by atoms with van der Waals surface area (Å²) in [6.45, 7) is 11.0. The van der Waals surface area contributed by atoms with E-state index in [0.29, 0.717) is 34.7 Å². The zero-order chi connectivity index (χ0) is 59.7. The van der Waals surface area contributed by atoms with E-state index in [9.17, 15) is 0 Å². The molecule has 0 saturated carbocycles. The van der Waals surface area contributed by atoms with Gasteiger partial charge >= 0.3 is 0 Å². The van der Waals surface area contributed by atoms with Crippen LogP contribution in [-0.2, 0) is 13.1 Å². The number of aromatic nitrogens is 2. The number of ether oxygens (including phenoxy) is 2. The van der Waals surface area contributed by atoms with Gasteiger partial charge in [0.25, 0.3) is 0 Å². The van der Waals surface area contributed by atoms with E-state index >= 15 is 8.78 Å². The zero-order valence-corrected chi connectivity index (χ0v) is 54.1. The maximum Gasteiger partial charge on any atom is 0.197 e. The number of benzene rings is 5. The lowest BCUT2D eigenvalue weighted by Crippen LogP contribution is -2.27. The second-order valence-corrected chi connectivity index (χ2v) is 26.5. The Bertz CT molecular complexity index is 3100. The van der Waals surface area contributed by atoms with Gasteiger partial charge in [-0.3, -0.25) is 0 Å². The lowest BCUT2D eigenvalue weighted by atomic mass is 9.93. The number of halogens is 2. The Labute approximate surface area is 517 Å². The average molecular weight is 1170 g/mol. The van der Waals surface area contributed by atoms with Gasteiger partial charge in [0.05, 0.1) is 21.8 Å². The molecule has 9 rings (SSSR count). The van der Waals surface area contributed by atoms with Crippen molar-refractivity contribution in [1.29, 1.82) is 0 Å². The van der Waals surface area contributed by atoms with Crippen LogP contribution in [-0.4, -0.2) is 9.13 Å². The van der Waals surface area contributed by atoms with E-state index in [1.807, 2.05) is 12.1 Å². The highest BCUT2D eigenvalue weighted by molar-refractivity contribution is 6.14. The maximum absolute atomic E-state index is 17.5. The fourth-order valence-electron chi connectivity index (χ4n) is 14.6. The van der Waals surface area contributed by atoms with Crippen molar-refractivity contribution in [1.82, 2.24) is 9.13 Å². The largest absolute Gasteiger partial charge is 0.449 e. The fourth-order valence-corrected chi connectivity index (χ4v) is 14.6. The summed E-state index contributed by atoms with van der Waals surface area (Å²) in [5.74, 6) is -0.0426. The summed E-state index contributed by atoms with van der Waals surface area (Å²) >= 11 is 0. The van der Waals surface area contributed by atoms with Crippen LogP contribution in [0.1, 0.15) is 285 Å². The van der Waals surface area contributed by atoms with Crippen molar-refractivity contribution in [2.45, 2.75) is 298 Å². The van der Waals surface area contributed by atoms with Gasteiger partial charge in [-0.05, 0) is 73.9 Å². The molecule has 86 heavy (non-hydrogen) atoms. The van der Waals surface area contributed by atoms with Crippen LogP contribution in [0.25, 0.3) is 43.6 Å². The van der Waals surface area contributed by atoms with Crippen LogP contribution in [0.5, 0.6) is 23.0 Å². The summed E-state index contributed by atoms with van der Waals surface area (Å²) in [5, 5.41) is 3.45. The Kier molecular flexibility index (Phi) is 26.6. The zero-order valence-electron chi connectivity index (χ0n) is 54.1. The highest BCUT2D eigenvalue weighted by atomic mass is 19.1. The second-order valence-electron chi connectivity index (χ2n) is 26.5. The number of fused-ring (bicyclic) bond motifs is 12. The van der Waals surface area contributed by atoms with E-state index in [1.54, 1.807) is 0 Å². The minimum absolute atomic E-state index is 0.192. The summed E-state index contributed by atoms with van der Waals surface area (Å²) in [7, 11) is 0. The number of nitrogens with zero attached hydrogens (tertiary/aromatic N) is 4. The van der Waals surface area contributed by atoms with Crippen molar-refractivity contribution in [3.05, 3.63) is 95.1 Å². The summed E-state index contributed by atoms with van der Waals surface area (Å²) in [6.07, 6.45) is 52.7. The molecule has 0 fully saturated rings. The molecule has 468 valence electrons. The van der Waals surface area contributed by atoms with Crippen molar-refractivity contribution < 1.29 is 18.3 Å². The van der Waals surface area contributed by atoms with E-state index in [0.717, 1.165) is 56.7 Å². The molecule has 2 aliphatic rings. The van der Waals surface area contributed by atoms with E-state index in [1.165, 1.54) is 257 Å². The Morgan fingerprint density at radius 3 is 0.907 bits per heavy atom. The first-order valence-corrected chi connectivity index (χ1v) is 35.9. The number of hydrogen-bond donors (Lipinski definition) is 0. The lowest BCUT2D eigenvalue weighted by Gasteiger charge is -2.22. The highest BCUT2D eigenvalue weighted by Gasteiger charge is 2.33. The summed E-state index contributed by atoms with van der Waals surface area (Å²) in [4.78, 5) is 9.83. The number of unbranched alkanes of at least 4 members (excludes halogenated alkanes) is 32. The number of hydrogen-bond acceptors (Lipinski definition) is 4. The third-order valence-corrected chi connectivity index (χ3v) is 19.6. The van der Waals surface area contributed by atoms with E-state index in [-0.39, 0.29) is 22.2 Å². The van der Waals surface area contributed by atoms with Crippen LogP contribution in [0, 0.1) is 23.5 Å². The van der Waals surface area contributed by atoms with Gasteiger partial charge < -0.3 is 18.6 Å². The van der Waals surface area contributed by atoms with Crippen molar-refractivity contribution in [3.8, 4) is 23.0 Å². The second kappa shape index (κ2) is 35.1. The van der Waals surface area contributed by atoms with E-state index in [2.05, 4.69) is 97.5 Å². The molecule has 0 N–H and O–H groups in total. The highest BCUT2D eigenvalue weighted by Crippen LogP contribution is 2.49. The maximum atomic E-state index is 17.5. The van der Waals surface area contributed by atoms with E-state index < -0.39 is 11.6 Å². The molecule has 0 saturated heterocycles. The fraction of sp³-hybridized carbons (Fsp3) is 0.615. The Balaban J connectivity index is 0.955. The number of para-hydroxylation sites is 2. The molecule has 0 bridgehead atoms. The summed E-state index contributed by atoms with van der Waals surface area (Å²) in [5.41, 5.74) is 5.29. The minimum Gasteiger partial charge on any atom is -0.449 e. The first kappa shape index (κ1) is 65.2. The quantitative estimate of drug-likeness (QED) is 0.0357. The van der Waals surface area contributed by atoms with Crippen LogP contribution < -0.4 is 20.2 Å². The first-order valence-electron chi connectivity index (χ1n) is 35.9. The lowest BCUT2D eigenvalue weighted by molar-refractivity contribution is 0.364. The minimum atomic E-state index is -0.766. The van der Waals surface area contributed by atoms with Gasteiger partial charge in [-0.15, -0.1) is 0 Å². The first-order chi connectivity index (χ1) is 42.4. The van der Waals surface area contributed by atoms with Gasteiger partial charge in [-0.25, -0.2) is 18.8 Å². The third-order valence-electron chi connectivity index (χ3n) is 19.6. The third kappa shape index (κ3) is 17.1. The molecular formula is C78H110F2N4O2. The monoisotopic (exact) mass is 1170 g/mol. The Morgan fingerprint density at radius 1 is 0.326 bits per heavy atom. The van der Waals surface area contributed by atoms with E-state index in [4.69, 9.17) is 19.5 Å². The number of rotatable bonds is 44. The smallest absolute Gasteiger partial charge is 0.197 e. The molecule has 2 unspecified atom stereocenters. The topological polar surface area (TPSA) is 53.0 Å². The van der Waals surface area contributed by atoms with Crippen LogP contribution in [0.4, 0.5) is 20.2 Å². The van der Waals surface area contributed by atoms with Crippen LogP contribution >= 0.6 is 0 Å². The van der Waals surface area contributed by atoms with Crippen molar-refractivity contribution >= 4 is 55.0 Å². The SMILES string of the molecule is CCCCCCCCCCCCC(CCCCCCCCCC)Cn1c2ccccc2c2c3c(ccc21)N=c1c(F)c2c(c(F)c1O3)=Nc1ccc3c(c1O2)c1ccccc1n3CC(CCCCCCCCCC)CCCCCCCCCCCC. The molecule has 6 nitrogen and oxygen atoms in total. The van der Waals surface area contributed by atoms with Crippen molar-refractivity contribution in [3.63, 3.8) is 0 Å². The molecule has 2 aliphatic heterocycles. The molecule has 0 aliphatic carbocycles. The van der Waals surface area contributed by atoms with Gasteiger partial charge in [-0.1, -0.05) is 295 Å². The molecule has 4 heterocycles. The molecule has 0 radical (unpaired) electrons. The normalized spacial score (nSPS) is 13.4. The van der Waals surface area contributed by atoms with Gasteiger partial charge in [-0.2, -0.15) is 0 Å². The predicted molar refractivity (Wildman–Crippen MR) is 361 cm³/mol. The average Bonchev–Trinajstić information content (AvgIpc) is 1.74. The van der Waals surface area contributed by atoms with Crippen LogP contribution in [0.2, 0.25) is 0 Å². The molecule has 2 atom stereocenters. The molecule has 2 aromatic heterocycles. The van der Waals surface area contributed by atoms with Crippen LogP contribution in [0.3, 0.4) is 0 Å². The molecule has 0 amide bonds. The van der Waals surface area contributed by atoms with Gasteiger partial charge in [0, 0.05) is 34.9 Å². The molecular weight excluding hydrogens is 1060 g/mol. The van der Waals surface area contributed by atoms with Crippen molar-refractivity contribution in [2.75, 3.05) is 0 Å².